The van der Waals surface area contributed by atoms with Crippen molar-refractivity contribution in [3.05, 3.63) is 95.0 Å². The lowest BCUT2D eigenvalue weighted by atomic mass is 10.0. The lowest BCUT2D eigenvalue weighted by Crippen LogP contribution is -2.54. The van der Waals surface area contributed by atoms with Gasteiger partial charge in [0.15, 0.2) is 0 Å². The van der Waals surface area contributed by atoms with Gasteiger partial charge in [-0.3, -0.25) is 14.5 Å². The minimum Gasteiger partial charge on any atom is -0.354 e. The van der Waals surface area contributed by atoms with Crippen LogP contribution in [0.4, 0.5) is 16.2 Å². The number of urea groups is 1. The van der Waals surface area contributed by atoms with Crippen molar-refractivity contribution in [1.29, 1.82) is 0 Å². The molecule has 0 bridgehead atoms. The summed E-state index contributed by atoms with van der Waals surface area (Å²) >= 11 is 5.93. The average molecular weight is 477 g/mol. The summed E-state index contributed by atoms with van der Waals surface area (Å²) in [5.74, 6) is -0.582. The molecule has 0 unspecified atom stereocenters. The number of carbonyl (C=O) groups excluding carboxylic acids is 3. The van der Waals surface area contributed by atoms with E-state index >= 15 is 0 Å². The van der Waals surface area contributed by atoms with Crippen LogP contribution < -0.4 is 20.9 Å². The van der Waals surface area contributed by atoms with Gasteiger partial charge in [-0.05, 0) is 41.8 Å². The Labute approximate surface area is 203 Å². The van der Waals surface area contributed by atoms with Crippen LogP contribution in [0.25, 0.3) is 0 Å². The van der Waals surface area contributed by atoms with Gasteiger partial charge in [0.25, 0.3) is 0 Å². The lowest BCUT2D eigenvalue weighted by molar-refractivity contribution is -0.122. The molecule has 1 heterocycles. The van der Waals surface area contributed by atoms with Crippen LogP contribution >= 0.6 is 11.6 Å². The second kappa shape index (κ2) is 10.9. The second-order valence-corrected chi connectivity index (χ2v) is 8.45. The fourth-order valence-corrected chi connectivity index (χ4v) is 3.93. The van der Waals surface area contributed by atoms with E-state index in [0.717, 1.165) is 11.1 Å². The monoisotopic (exact) mass is 476 g/mol. The number of fused-ring (bicyclic) bond motifs is 1. The minimum atomic E-state index is -0.808. The van der Waals surface area contributed by atoms with Crippen molar-refractivity contribution in [2.45, 2.75) is 18.9 Å². The molecule has 1 atom stereocenters. The molecule has 0 spiro atoms. The Morgan fingerprint density at radius 2 is 1.65 bits per heavy atom. The van der Waals surface area contributed by atoms with E-state index in [1.165, 1.54) is 4.90 Å². The highest BCUT2D eigenvalue weighted by Crippen LogP contribution is 2.28. The van der Waals surface area contributed by atoms with E-state index in [1.54, 1.807) is 24.3 Å². The van der Waals surface area contributed by atoms with E-state index in [-0.39, 0.29) is 18.4 Å². The number of nitrogens with zero attached hydrogens (tertiary/aromatic N) is 1. The standard InChI is InChI=1S/C26H25ClN4O3/c27-20-12-10-18(11-13-20)14-15-28-25(33)22(16-19-6-2-1-3-7-19)30-26(34)31-17-24(32)29-21-8-4-5-9-23(21)31/h1-13,22H,14-17H2,(H,28,33)(H,29,32)(H,30,34)/t22-/m0/s1. The molecular weight excluding hydrogens is 452 g/mol. The Morgan fingerprint density at radius 1 is 0.941 bits per heavy atom. The van der Waals surface area contributed by atoms with Crippen molar-refractivity contribution in [1.82, 2.24) is 10.6 Å². The van der Waals surface area contributed by atoms with Crippen molar-refractivity contribution in [2.75, 3.05) is 23.3 Å². The third-order valence-corrected chi connectivity index (χ3v) is 5.79. The van der Waals surface area contributed by atoms with Gasteiger partial charge in [0.1, 0.15) is 12.6 Å². The topological polar surface area (TPSA) is 90.5 Å². The molecule has 0 aromatic heterocycles. The summed E-state index contributed by atoms with van der Waals surface area (Å²) in [6.45, 7) is 0.287. The molecule has 0 fully saturated rings. The quantitative estimate of drug-likeness (QED) is 0.484. The molecule has 0 radical (unpaired) electrons. The summed E-state index contributed by atoms with van der Waals surface area (Å²) in [7, 11) is 0. The highest BCUT2D eigenvalue weighted by molar-refractivity contribution is 6.30. The summed E-state index contributed by atoms with van der Waals surface area (Å²) in [6, 6.07) is 22.7. The number of hydrogen-bond acceptors (Lipinski definition) is 3. The Kier molecular flexibility index (Phi) is 7.44. The fourth-order valence-electron chi connectivity index (χ4n) is 3.80. The molecule has 3 aromatic carbocycles. The maximum Gasteiger partial charge on any atom is 0.323 e. The molecule has 174 valence electrons. The molecular formula is C26H25ClN4O3. The van der Waals surface area contributed by atoms with Gasteiger partial charge in [-0.1, -0.05) is 66.2 Å². The van der Waals surface area contributed by atoms with Gasteiger partial charge in [0, 0.05) is 18.0 Å². The number of rotatable bonds is 7. The number of para-hydroxylation sites is 2. The van der Waals surface area contributed by atoms with E-state index in [9.17, 15) is 14.4 Å². The summed E-state index contributed by atoms with van der Waals surface area (Å²) in [6.07, 6.45) is 0.954. The molecule has 1 aliphatic heterocycles. The Balaban J connectivity index is 1.46. The third-order valence-electron chi connectivity index (χ3n) is 5.54. The minimum absolute atomic E-state index is 0.126. The molecule has 8 heteroatoms. The van der Waals surface area contributed by atoms with Gasteiger partial charge in [-0.25, -0.2) is 4.79 Å². The molecule has 0 saturated carbocycles. The molecule has 4 amide bonds. The summed E-state index contributed by atoms with van der Waals surface area (Å²) < 4.78 is 0. The molecule has 7 nitrogen and oxygen atoms in total. The number of nitrogens with one attached hydrogen (secondary N) is 3. The number of amides is 4. The molecule has 1 aliphatic rings. The average Bonchev–Trinajstić information content (AvgIpc) is 2.84. The van der Waals surface area contributed by atoms with E-state index in [2.05, 4.69) is 16.0 Å². The van der Waals surface area contributed by atoms with Crippen molar-refractivity contribution < 1.29 is 14.4 Å². The first-order valence-corrected chi connectivity index (χ1v) is 11.4. The first-order valence-electron chi connectivity index (χ1n) is 11.0. The maximum absolute atomic E-state index is 13.2. The van der Waals surface area contributed by atoms with Gasteiger partial charge in [-0.2, -0.15) is 0 Å². The van der Waals surface area contributed by atoms with Crippen molar-refractivity contribution in [2.24, 2.45) is 0 Å². The van der Waals surface area contributed by atoms with Gasteiger partial charge in [0.05, 0.1) is 11.4 Å². The molecule has 3 aromatic rings. The SMILES string of the molecule is O=C1CN(C(=O)N[C@@H](Cc2ccccc2)C(=O)NCCc2ccc(Cl)cc2)c2ccccc2N1. The zero-order valence-corrected chi connectivity index (χ0v) is 19.2. The largest absolute Gasteiger partial charge is 0.354 e. The summed E-state index contributed by atoms with van der Waals surface area (Å²) in [5, 5.41) is 9.17. The third kappa shape index (κ3) is 5.94. The molecule has 3 N–H and O–H groups in total. The maximum atomic E-state index is 13.2. The first-order chi connectivity index (χ1) is 16.5. The van der Waals surface area contributed by atoms with Crippen molar-refractivity contribution >= 4 is 40.8 Å². The van der Waals surface area contributed by atoms with Crippen LogP contribution in [-0.4, -0.2) is 37.0 Å². The van der Waals surface area contributed by atoms with Crippen LogP contribution in [0, 0.1) is 0 Å². The molecule has 34 heavy (non-hydrogen) atoms. The zero-order valence-electron chi connectivity index (χ0n) is 18.5. The molecule has 0 saturated heterocycles. The number of benzene rings is 3. The van der Waals surface area contributed by atoms with Gasteiger partial charge < -0.3 is 16.0 Å². The number of carbonyl (C=O) groups is 3. The van der Waals surface area contributed by atoms with Crippen molar-refractivity contribution in [3.63, 3.8) is 0 Å². The van der Waals surface area contributed by atoms with E-state index in [0.29, 0.717) is 35.8 Å². The predicted molar refractivity (Wildman–Crippen MR) is 133 cm³/mol. The summed E-state index contributed by atoms with van der Waals surface area (Å²) in [5.41, 5.74) is 3.10. The van der Waals surface area contributed by atoms with E-state index in [4.69, 9.17) is 11.6 Å². The number of halogens is 1. The Bertz CT molecular complexity index is 1170. The predicted octanol–water partition coefficient (Wildman–Crippen LogP) is 3.78. The summed E-state index contributed by atoms with van der Waals surface area (Å²) in [4.78, 5) is 39.7. The highest BCUT2D eigenvalue weighted by Gasteiger charge is 2.30. The normalized spacial score (nSPS) is 13.4. The van der Waals surface area contributed by atoms with Crippen LogP contribution in [0.15, 0.2) is 78.9 Å². The fraction of sp³-hybridized carbons (Fsp3) is 0.192. The molecule has 0 aliphatic carbocycles. The van der Waals surface area contributed by atoms with Crippen LogP contribution in [-0.2, 0) is 22.4 Å². The number of hydrogen-bond donors (Lipinski definition) is 3. The Morgan fingerprint density at radius 3 is 2.41 bits per heavy atom. The van der Waals surface area contributed by atoms with E-state index in [1.807, 2.05) is 54.6 Å². The van der Waals surface area contributed by atoms with Crippen LogP contribution in [0.5, 0.6) is 0 Å². The van der Waals surface area contributed by atoms with Crippen molar-refractivity contribution in [3.8, 4) is 0 Å². The van der Waals surface area contributed by atoms with Gasteiger partial charge >= 0.3 is 6.03 Å². The zero-order chi connectivity index (χ0) is 23.9. The lowest BCUT2D eigenvalue weighted by Gasteiger charge is -2.30. The smallest absolute Gasteiger partial charge is 0.323 e. The molecule has 4 rings (SSSR count). The number of anilines is 2. The van der Waals surface area contributed by atoms with Gasteiger partial charge in [0.2, 0.25) is 11.8 Å². The van der Waals surface area contributed by atoms with Gasteiger partial charge in [-0.15, -0.1) is 0 Å². The van der Waals surface area contributed by atoms with E-state index < -0.39 is 12.1 Å². The second-order valence-electron chi connectivity index (χ2n) is 8.01. The van der Waals surface area contributed by atoms with Crippen LogP contribution in [0.2, 0.25) is 5.02 Å². The first kappa shape index (κ1) is 23.3. The van der Waals surface area contributed by atoms with Crippen LogP contribution in [0.1, 0.15) is 11.1 Å². The Hall–Kier alpha value is -3.84. The highest BCUT2D eigenvalue weighted by atomic mass is 35.5. The van der Waals surface area contributed by atoms with Crippen LogP contribution in [0.3, 0.4) is 0 Å².